The van der Waals surface area contributed by atoms with Gasteiger partial charge in [-0.3, -0.25) is 0 Å². The first-order valence-electron chi connectivity index (χ1n) is 5.96. The molecule has 0 aliphatic carbocycles. The van der Waals surface area contributed by atoms with Gasteiger partial charge in [-0.15, -0.1) is 0 Å². The standard InChI is InChI=1S/C14H23NO2/c1-10-6-7-11(2)14(12(10)3)17-9-13(15-4)8-16-5/h6-7,13,15H,8-9H2,1-5H3. The van der Waals surface area contributed by atoms with E-state index in [2.05, 4.69) is 38.2 Å². The topological polar surface area (TPSA) is 30.5 Å². The molecule has 0 saturated carbocycles. The van der Waals surface area contributed by atoms with Crippen molar-refractivity contribution < 1.29 is 9.47 Å². The smallest absolute Gasteiger partial charge is 0.125 e. The average molecular weight is 237 g/mol. The van der Waals surface area contributed by atoms with Gasteiger partial charge in [0.05, 0.1) is 12.6 Å². The number of aryl methyl sites for hydroxylation is 2. The fourth-order valence-electron chi connectivity index (χ4n) is 1.75. The third-order valence-electron chi connectivity index (χ3n) is 3.08. The molecule has 0 fully saturated rings. The third-order valence-corrected chi connectivity index (χ3v) is 3.08. The summed E-state index contributed by atoms with van der Waals surface area (Å²) in [6, 6.07) is 4.45. The van der Waals surface area contributed by atoms with Gasteiger partial charge in [0.25, 0.3) is 0 Å². The lowest BCUT2D eigenvalue weighted by Crippen LogP contribution is -2.35. The Kier molecular flexibility index (Phi) is 5.45. The van der Waals surface area contributed by atoms with Crippen LogP contribution in [0.2, 0.25) is 0 Å². The summed E-state index contributed by atoms with van der Waals surface area (Å²) in [6.45, 7) is 7.55. The molecule has 0 aliphatic heterocycles. The Morgan fingerprint density at radius 1 is 1.12 bits per heavy atom. The van der Waals surface area contributed by atoms with Crippen LogP contribution in [0.3, 0.4) is 0 Å². The van der Waals surface area contributed by atoms with E-state index in [0.717, 1.165) is 5.75 Å². The molecule has 1 rings (SSSR count). The first kappa shape index (κ1) is 14.0. The number of rotatable bonds is 6. The molecule has 0 spiro atoms. The maximum Gasteiger partial charge on any atom is 0.125 e. The predicted octanol–water partition coefficient (Wildman–Crippen LogP) is 2.23. The highest BCUT2D eigenvalue weighted by Crippen LogP contribution is 2.25. The van der Waals surface area contributed by atoms with Crippen LogP contribution >= 0.6 is 0 Å². The van der Waals surface area contributed by atoms with Crippen molar-refractivity contribution in [2.24, 2.45) is 0 Å². The summed E-state index contributed by atoms with van der Waals surface area (Å²) in [5.41, 5.74) is 3.66. The second-order valence-electron chi connectivity index (χ2n) is 4.41. The highest BCUT2D eigenvalue weighted by atomic mass is 16.5. The number of benzene rings is 1. The van der Waals surface area contributed by atoms with E-state index in [1.54, 1.807) is 7.11 Å². The lowest BCUT2D eigenvalue weighted by molar-refractivity contribution is 0.139. The minimum absolute atomic E-state index is 0.222. The molecule has 1 unspecified atom stereocenters. The van der Waals surface area contributed by atoms with Crippen molar-refractivity contribution in [1.29, 1.82) is 0 Å². The van der Waals surface area contributed by atoms with Crippen LogP contribution in [-0.2, 0) is 4.74 Å². The molecule has 1 N–H and O–H groups in total. The number of likely N-dealkylation sites (N-methyl/N-ethyl adjacent to an activating group) is 1. The SMILES string of the molecule is CNC(COC)COc1c(C)ccc(C)c1C. The summed E-state index contributed by atoms with van der Waals surface area (Å²) in [4.78, 5) is 0. The van der Waals surface area contributed by atoms with Crippen LogP contribution in [0.25, 0.3) is 0 Å². The molecule has 0 saturated heterocycles. The van der Waals surface area contributed by atoms with Gasteiger partial charge < -0.3 is 14.8 Å². The predicted molar refractivity (Wildman–Crippen MR) is 70.9 cm³/mol. The number of hydrogen-bond acceptors (Lipinski definition) is 3. The monoisotopic (exact) mass is 237 g/mol. The molecule has 0 aliphatic rings. The molecular formula is C14H23NO2. The van der Waals surface area contributed by atoms with Gasteiger partial charge in [-0.1, -0.05) is 12.1 Å². The summed E-state index contributed by atoms with van der Waals surface area (Å²) < 4.78 is 11.0. The number of nitrogens with one attached hydrogen (secondary N) is 1. The minimum atomic E-state index is 0.222. The fraction of sp³-hybridized carbons (Fsp3) is 0.571. The second kappa shape index (κ2) is 6.62. The van der Waals surface area contributed by atoms with Crippen LogP contribution in [0.1, 0.15) is 16.7 Å². The molecule has 0 aromatic heterocycles. The van der Waals surface area contributed by atoms with Crippen LogP contribution in [0.5, 0.6) is 5.75 Å². The molecule has 96 valence electrons. The Balaban J connectivity index is 2.71. The van der Waals surface area contributed by atoms with E-state index in [-0.39, 0.29) is 6.04 Å². The van der Waals surface area contributed by atoms with E-state index < -0.39 is 0 Å². The average Bonchev–Trinajstić information content (AvgIpc) is 2.32. The molecule has 3 nitrogen and oxygen atoms in total. The van der Waals surface area contributed by atoms with Crippen LogP contribution in [-0.4, -0.2) is 33.4 Å². The van der Waals surface area contributed by atoms with Crippen molar-refractivity contribution in [2.75, 3.05) is 27.4 Å². The molecule has 0 heterocycles. The van der Waals surface area contributed by atoms with E-state index in [4.69, 9.17) is 9.47 Å². The largest absolute Gasteiger partial charge is 0.491 e. The first-order valence-corrected chi connectivity index (χ1v) is 5.96. The molecule has 3 heteroatoms. The molecule has 0 amide bonds. The number of ether oxygens (including phenoxy) is 2. The molecule has 1 atom stereocenters. The Morgan fingerprint density at radius 2 is 1.76 bits per heavy atom. The third kappa shape index (κ3) is 3.72. The fourth-order valence-corrected chi connectivity index (χ4v) is 1.75. The molecule has 0 bridgehead atoms. The molecule has 17 heavy (non-hydrogen) atoms. The number of methoxy groups -OCH3 is 1. The van der Waals surface area contributed by atoms with Gasteiger partial charge in [0, 0.05) is 7.11 Å². The van der Waals surface area contributed by atoms with Gasteiger partial charge >= 0.3 is 0 Å². The quantitative estimate of drug-likeness (QED) is 0.823. The van der Waals surface area contributed by atoms with Crippen molar-refractivity contribution in [2.45, 2.75) is 26.8 Å². The summed E-state index contributed by atoms with van der Waals surface area (Å²) >= 11 is 0. The Bertz CT molecular complexity index is 363. The summed E-state index contributed by atoms with van der Waals surface area (Å²) in [6.07, 6.45) is 0. The zero-order valence-corrected chi connectivity index (χ0v) is 11.5. The maximum absolute atomic E-state index is 5.91. The van der Waals surface area contributed by atoms with Crippen molar-refractivity contribution >= 4 is 0 Å². The second-order valence-corrected chi connectivity index (χ2v) is 4.41. The van der Waals surface area contributed by atoms with Crippen molar-refractivity contribution in [3.8, 4) is 5.75 Å². The molecular weight excluding hydrogens is 214 g/mol. The van der Waals surface area contributed by atoms with Gasteiger partial charge in [0.15, 0.2) is 0 Å². The van der Waals surface area contributed by atoms with Crippen LogP contribution < -0.4 is 10.1 Å². The van der Waals surface area contributed by atoms with Crippen LogP contribution in [0.15, 0.2) is 12.1 Å². The summed E-state index contributed by atoms with van der Waals surface area (Å²) in [7, 11) is 3.62. The van der Waals surface area contributed by atoms with E-state index in [0.29, 0.717) is 13.2 Å². The van der Waals surface area contributed by atoms with E-state index >= 15 is 0 Å². The first-order chi connectivity index (χ1) is 8.10. The van der Waals surface area contributed by atoms with E-state index in [1.165, 1.54) is 16.7 Å². The van der Waals surface area contributed by atoms with E-state index in [9.17, 15) is 0 Å². The Morgan fingerprint density at radius 3 is 2.35 bits per heavy atom. The molecule has 0 radical (unpaired) electrons. The van der Waals surface area contributed by atoms with Crippen molar-refractivity contribution in [3.05, 3.63) is 28.8 Å². The highest BCUT2D eigenvalue weighted by Gasteiger charge is 2.10. The van der Waals surface area contributed by atoms with Gasteiger partial charge in [0.1, 0.15) is 12.4 Å². The lowest BCUT2D eigenvalue weighted by Gasteiger charge is -2.19. The minimum Gasteiger partial charge on any atom is -0.491 e. The normalized spacial score (nSPS) is 12.5. The molecule has 1 aromatic carbocycles. The van der Waals surface area contributed by atoms with Crippen molar-refractivity contribution in [3.63, 3.8) is 0 Å². The van der Waals surface area contributed by atoms with Crippen LogP contribution in [0.4, 0.5) is 0 Å². The highest BCUT2D eigenvalue weighted by molar-refractivity contribution is 5.44. The van der Waals surface area contributed by atoms with Crippen LogP contribution in [0, 0.1) is 20.8 Å². The van der Waals surface area contributed by atoms with Gasteiger partial charge in [-0.2, -0.15) is 0 Å². The zero-order valence-electron chi connectivity index (χ0n) is 11.5. The Labute approximate surface area is 104 Å². The van der Waals surface area contributed by atoms with Gasteiger partial charge in [0.2, 0.25) is 0 Å². The van der Waals surface area contributed by atoms with E-state index in [1.807, 2.05) is 7.05 Å². The number of hydrogen-bond donors (Lipinski definition) is 1. The zero-order chi connectivity index (χ0) is 12.8. The molecule has 1 aromatic rings. The maximum atomic E-state index is 5.91. The Hall–Kier alpha value is -1.06. The van der Waals surface area contributed by atoms with Crippen molar-refractivity contribution in [1.82, 2.24) is 5.32 Å². The van der Waals surface area contributed by atoms with Gasteiger partial charge in [-0.05, 0) is 44.5 Å². The van der Waals surface area contributed by atoms with Gasteiger partial charge in [-0.25, -0.2) is 0 Å². The summed E-state index contributed by atoms with van der Waals surface area (Å²) in [5.74, 6) is 1.00. The lowest BCUT2D eigenvalue weighted by atomic mass is 10.1. The summed E-state index contributed by atoms with van der Waals surface area (Å²) in [5, 5.41) is 3.18.